The van der Waals surface area contributed by atoms with Crippen LogP contribution in [0, 0.1) is 0 Å². The molecule has 0 saturated carbocycles. The number of fused-ring (bicyclic) bond motifs is 1. The summed E-state index contributed by atoms with van der Waals surface area (Å²) in [5, 5.41) is 12.5. The molecule has 0 bridgehead atoms. The Bertz CT molecular complexity index is 1210. The van der Waals surface area contributed by atoms with Gasteiger partial charge in [-0.2, -0.15) is 0 Å². The Morgan fingerprint density at radius 2 is 1.71 bits per heavy atom. The molecule has 1 atom stereocenters. The van der Waals surface area contributed by atoms with Crippen molar-refractivity contribution in [3.63, 3.8) is 0 Å². The van der Waals surface area contributed by atoms with Crippen molar-refractivity contribution in [3.8, 4) is 28.4 Å². The van der Waals surface area contributed by atoms with Crippen LogP contribution in [0.25, 0.3) is 11.1 Å². The van der Waals surface area contributed by atoms with Gasteiger partial charge in [-0.3, -0.25) is 4.79 Å². The molecule has 3 aromatic rings. The molecular formula is C25H21Cl2NO6. The molecule has 4 rings (SSSR count). The molecule has 0 fully saturated rings. The summed E-state index contributed by atoms with van der Waals surface area (Å²) in [5.41, 5.74) is 2.32. The third kappa shape index (κ3) is 4.90. The number of hydrogen-bond donors (Lipinski definition) is 2. The van der Waals surface area contributed by atoms with E-state index in [-0.39, 0.29) is 22.0 Å². The van der Waals surface area contributed by atoms with E-state index in [0.717, 1.165) is 11.1 Å². The minimum atomic E-state index is -1.18. The summed E-state index contributed by atoms with van der Waals surface area (Å²) in [6.45, 7) is 0.903. The van der Waals surface area contributed by atoms with Crippen LogP contribution in [0.3, 0.4) is 0 Å². The van der Waals surface area contributed by atoms with Crippen LogP contribution in [0.1, 0.15) is 15.9 Å². The number of rotatable bonds is 7. The zero-order chi connectivity index (χ0) is 24.2. The number of carbonyl (C=O) groups excluding carboxylic acids is 1. The summed E-state index contributed by atoms with van der Waals surface area (Å²) in [6, 6.07) is 14.3. The minimum absolute atomic E-state index is 0.0376. The first-order chi connectivity index (χ1) is 16.4. The van der Waals surface area contributed by atoms with Crippen LogP contribution in [-0.2, 0) is 11.2 Å². The number of hydrogen-bond acceptors (Lipinski definition) is 5. The Morgan fingerprint density at radius 1 is 1.03 bits per heavy atom. The van der Waals surface area contributed by atoms with E-state index in [1.807, 2.05) is 18.2 Å². The van der Waals surface area contributed by atoms with Gasteiger partial charge in [-0.05, 0) is 35.4 Å². The van der Waals surface area contributed by atoms with Gasteiger partial charge in [0.1, 0.15) is 25.0 Å². The van der Waals surface area contributed by atoms with Gasteiger partial charge in [-0.1, -0.05) is 53.5 Å². The average molecular weight is 502 g/mol. The Labute approximate surface area is 206 Å². The number of carbonyl (C=O) groups is 2. The van der Waals surface area contributed by atoms with Crippen molar-refractivity contribution in [3.05, 3.63) is 75.8 Å². The van der Waals surface area contributed by atoms with E-state index in [1.54, 1.807) is 31.4 Å². The Morgan fingerprint density at radius 3 is 2.35 bits per heavy atom. The molecule has 1 amide bonds. The van der Waals surface area contributed by atoms with Crippen LogP contribution in [0.4, 0.5) is 0 Å². The van der Waals surface area contributed by atoms with Gasteiger partial charge < -0.3 is 24.6 Å². The van der Waals surface area contributed by atoms with Crippen LogP contribution in [-0.4, -0.2) is 43.3 Å². The molecular weight excluding hydrogens is 481 g/mol. The maximum Gasteiger partial charge on any atom is 0.326 e. The van der Waals surface area contributed by atoms with Gasteiger partial charge in [-0.25, -0.2) is 4.79 Å². The van der Waals surface area contributed by atoms with Crippen molar-refractivity contribution < 1.29 is 28.9 Å². The molecule has 1 aliphatic heterocycles. The van der Waals surface area contributed by atoms with Gasteiger partial charge in [0.25, 0.3) is 5.91 Å². The topological polar surface area (TPSA) is 94.1 Å². The quantitative estimate of drug-likeness (QED) is 0.479. The van der Waals surface area contributed by atoms with E-state index in [2.05, 4.69) is 5.32 Å². The van der Waals surface area contributed by atoms with E-state index >= 15 is 0 Å². The van der Waals surface area contributed by atoms with Crippen LogP contribution < -0.4 is 19.5 Å². The normalized spacial score (nSPS) is 13.1. The maximum atomic E-state index is 12.7. The molecule has 0 saturated heterocycles. The monoisotopic (exact) mass is 501 g/mol. The van der Waals surface area contributed by atoms with Crippen LogP contribution in [0.5, 0.6) is 17.2 Å². The lowest BCUT2D eigenvalue weighted by Gasteiger charge is -2.23. The summed E-state index contributed by atoms with van der Waals surface area (Å²) in [4.78, 5) is 24.5. The van der Waals surface area contributed by atoms with Crippen molar-refractivity contribution in [2.24, 2.45) is 0 Å². The second-order valence-corrected chi connectivity index (χ2v) is 8.34. The summed E-state index contributed by atoms with van der Waals surface area (Å²) in [5.74, 6) is 0.0373. The minimum Gasteiger partial charge on any atom is -0.496 e. The standard InChI is InChI=1S/C25H21Cl2NO6/c1-32-19-9-10-20-23(34-12-11-33-20)21(19)15-7-5-14(6-8-15)13-18(25(30)31)28-24(29)22-16(26)3-2-4-17(22)27/h2-10,18H,11-13H2,1H3,(H,28,29)(H,30,31)/t18-/m0/s1. The molecule has 34 heavy (non-hydrogen) atoms. The Hall–Kier alpha value is -3.42. The number of ether oxygens (including phenoxy) is 3. The van der Waals surface area contributed by atoms with Crippen LogP contribution in [0.2, 0.25) is 10.0 Å². The van der Waals surface area contributed by atoms with Crippen molar-refractivity contribution in [1.29, 1.82) is 0 Å². The Balaban J connectivity index is 1.56. The zero-order valence-corrected chi connectivity index (χ0v) is 19.7. The molecule has 176 valence electrons. The average Bonchev–Trinajstić information content (AvgIpc) is 2.83. The third-order valence-electron chi connectivity index (χ3n) is 5.37. The molecule has 0 unspecified atom stereocenters. The number of aliphatic carboxylic acids is 1. The van der Waals surface area contributed by atoms with E-state index < -0.39 is 17.9 Å². The number of carboxylic acid groups (broad SMARTS) is 1. The number of benzene rings is 3. The number of halogens is 2. The van der Waals surface area contributed by atoms with E-state index in [9.17, 15) is 14.7 Å². The molecule has 7 nitrogen and oxygen atoms in total. The molecule has 1 heterocycles. The van der Waals surface area contributed by atoms with E-state index in [1.165, 1.54) is 12.1 Å². The van der Waals surface area contributed by atoms with Crippen molar-refractivity contribution in [2.45, 2.75) is 12.5 Å². The largest absolute Gasteiger partial charge is 0.496 e. The highest BCUT2D eigenvalue weighted by atomic mass is 35.5. The SMILES string of the molecule is COc1ccc2c(c1-c1ccc(C[C@H](NC(=O)c3c(Cl)cccc3Cl)C(=O)O)cc1)OCCO2. The highest BCUT2D eigenvalue weighted by Gasteiger charge is 2.25. The number of carboxylic acids is 1. The van der Waals surface area contributed by atoms with Gasteiger partial charge in [-0.15, -0.1) is 0 Å². The molecule has 0 aromatic heterocycles. The van der Waals surface area contributed by atoms with Crippen molar-refractivity contribution in [1.82, 2.24) is 5.32 Å². The summed E-state index contributed by atoms with van der Waals surface area (Å²) in [6.07, 6.45) is 0.0626. The van der Waals surface area contributed by atoms with Crippen molar-refractivity contribution in [2.75, 3.05) is 20.3 Å². The van der Waals surface area contributed by atoms with Gasteiger partial charge >= 0.3 is 5.97 Å². The second-order valence-electron chi connectivity index (χ2n) is 7.53. The fourth-order valence-electron chi connectivity index (χ4n) is 3.73. The molecule has 3 aromatic carbocycles. The summed E-state index contributed by atoms with van der Waals surface area (Å²) in [7, 11) is 1.58. The smallest absolute Gasteiger partial charge is 0.326 e. The van der Waals surface area contributed by atoms with E-state index in [4.69, 9.17) is 37.4 Å². The van der Waals surface area contributed by atoms with Crippen LogP contribution in [0.15, 0.2) is 54.6 Å². The van der Waals surface area contributed by atoms with Gasteiger partial charge in [0.05, 0.1) is 28.3 Å². The van der Waals surface area contributed by atoms with E-state index in [0.29, 0.717) is 36.0 Å². The fraction of sp³-hybridized carbons (Fsp3) is 0.200. The lowest BCUT2D eigenvalue weighted by molar-refractivity contribution is -0.139. The predicted octanol–water partition coefficient (Wildman–Crippen LogP) is 4.87. The summed E-state index contributed by atoms with van der Waals surface area (Å²) >= 11 is 12.2. The van der Waals surface area contributed by atoms with Gasteiger partial charge in [0.2, 0.25) is 0 Å². The molecule has 9 heteroatoms. The first-order valence-corrected chi connectivity index (χ1v) is 11.2. The molecule has 1 aliphatic rings. The summed E-state index contributed by atoms with van der Waals surface area (Å²) < 4.78 is 17.0. The second kappa shape index (κ2) is 10.2. The van der Waals surface area contributed by atoms with Gasteiger partial charge in [0.15, 0.2) is 11.5 Å². The zero-order valence-electron chi connectivity index (χ0n) is 18.1. The molecule has 0 spiro atoms. The lowest BCUT2D eigenvalue weighted by Crippen LogP contribution is -2.42. The number of methoxy groups -OCH3 is 1. The fourth-order valence-corrected chi connectivity index (χ4v) is 4.30. The first kappa shape index (κ1) is 23.7. The van der Waals surface area contributed by atoms with Crippen LogP contribution >= 0.6 is 23.2 Å². The highest BCUT2D eigenvalue weighted by Crippen LogP contribution is 2.45. The third-order valence-corrected chi connectivity index (χ3v) is 6.00. The highest BCUT2D eigenvalue weighted by molar-refractivity contribution is 6.39. The maximum absolute atomic E-state index is 12.7. The van der Waals surface area contributed by atoms with Gasteiger partial charge in [0, 0.05) is 6.42 Å². The number of amides is 1. The number of nitrogens with one attached hydrogen (secondary N) is 1. The van der Waals surface area contributed by atoms with Crippen molar-refractivity contribution >= 4 is 35.1 Å². The molecule has 2 N–H and O–H groups in total. The molecule has 0 aliphatic carbocycles. The predicted molar refractivity (Wildman–Crippen MR) is 128 cm³/mol. The first-order valence-electron chi connectivity index (χ1n) is 10.4. The Kier molecular flexibility index (Phi) is 7.14. The molecule has 0 radical (unpaired) electrons. The lowest BCUT2D eigenvalue weighted by atomic mass is 9.98.